The van der Waals surface area contributed by atoms with E-state index in [1.54, 1.807) is 0 Å². The van der Waals surface area contributed by atoms with Crippen LogP contribution in [0.15, 0.2) is 0 Å². The van der Waals surface area contributed by atoms with Crippen LogP contribution in [0.3, 0.4) is 0 Å². The van der Waals surface area contributed by atoms with Gasteiger partial charge >= 0.3 is 12.1 Å². The van der Waals surface area contributed by atoms with E-state index in [0.29, 0.717) is 0 Å². The van der Waals surface area contributed by atoms with Gasteiger partial charge in [-0.05, 0) is 0 Å². The Kier molecular flexibility index (Phi) is 3.29. The number of methoxy groups -OCH3 is 2. The average molecular weight is 203 g/mol. The van der Waals surface area contributed by atoms with E-state index in [-0.39, 0.29) is 13.0 Å². The zero-order valence-electron chi connectivity index (χ0n) is 8.10. The Morgan fingerprint density at radius 3 is 2.50 bits per heavy atom. The first kappa shape index (κ1) is 10.8. The Morgan fingerprint density at radius 2 is 2.00 bits per heavy atom. The van der Waals surface area contributed by atoms with Crippen LogP contribution in [0.1, 0.15) is 6.42 Å². The Hall–Kier alpha value is -1.30. The lowest BCUT2D eigenvalue weighted by atomic mass is 10.2. The first-order valence-corrected chi connectivity index (χ1v) is 4.20. The molecule has 1 amide bonds. The summed E-state index contributed by atoms with van der Waals surface area (Å²) in [6, 6.07) is -0.734. The van der Waals surface area contributed by atoms with E-state index in [0.717, 1.165) is 4.90 Å². The molecule has 0 aromatic carbocycles. The van der Waals surface area contributed by atoms with Gasteiger partial charge in [0.1, 0.15) is 6.04 Å². The molecule has 0 radical (unpaired) electrons. The maximum absolute atomic E-state index is 11.2. The molecule has 0 bridgehead atoms. The van der Waals surface area contributed by atoms with Crippen molar-refractivity contribution in [3.63, 3.8) is 0 Å². The quantitative estimate of drug-likeness (QED) is 0.574. The summed E-state index contributed by atoms with van der Waals surface area (Å²) in [5.74, 6) is -0.535. The van der Waals surface area contributed by atoms with Gasteiger partial charge in [0, 0.05) is 6.42 Å². The first-order chi connectivity index (χ1) is 6.60. The smallest absolute Gasteiger partial charge is 0.410 e. The molecule has 2 atom stereocenters. The molecule has 0 aromatic rings. The molecule has 1 heterocycles. The number of aliphatic hydroxyl groups is 1. The molecule has 2 unspecified atom stereocenters. The summed E-state index contributed by atoms with van der Waals surface area (Å²) in [6.07, 6.45) is -1.13. The molecule has 0 saturated carbocycles. The van der Waals surface area contributed by atoms with Crippen LogP contribution in [0.5, 0.6) is 0 Å². The molecular weight excluding hydrogens is 190 g/mol. The molecule has 6 nitrogen and oxygen atoms in total. The van der Waals surface area contributed by atoms with E-state index >= 15 is 0 Å². The van der Waals surface area contributed by atoms with Gasteiger partial charge in [0.2, 0.25) is 0 Å². The van der Waals surface area contributed by atoms with Crippen LogP contribution in [0.2, 0.25) is 0 Å². The van der Waals surface area contributed by atoms with Gasteiger partial charge in [0.15, 0.2) is 0 Å². The maximum atomic E-state index is 11.2. The number of amides is 1. The summed E-state index contributed by atoms with van der Waals surface area (Å²) in [4.78, 5) is 23.5. The summed E-state index contributed by atoms with van der Waals surface area (Å²) < 4.78 is 8.98. The molecule has 1 aliphatic heterocycles. The number of nitrogens with zero attached hydrogens (tertiary/aromatic N) is 1. The van der Waals surface area contributed by atoms with Crippen molar-refractivity contribution in [1.82, 2.24) is 4.90 Å². The Labute approximate surface area is 81.4 Å². The van der Waals surface area contributed by atoms with Crippen LogP contribution in [0.4, 0.5) is 4.79 Å². The van der Waals surface area contributed by atoms with Crippen molar-refractivity contribution in [3.05, 3.63) is 0 Å². The third kappa shape index (κ3) is 1.95. The molecule has 0 spiro atoms. The van der Waals surface area contributed by atoms with Gasteiger partial charge in [-0.1, -0.05) is 0 Å². The second kappa shape index (κ2) is 4.28. The molecule has 6 heteroatoms. The number of hydrogen-bond donors (Lipinski definition) is 1. The van der Waals surface area contributed by atoms with Crippen molar-refractivity contribution >= 4 is 12.1 Å². The molecular formula is C8H13NO5. The number of hydrogen-bond acceptors (Lipinski definition) is 5. The van der Waals surface area contributed by atoms with Crippen LogP contribution in [0.25, 0.3) is 0 Å². The standard InChI is InChI=1S/C8H13NO5/c1-13-7(11)6-3-5(10)4-9(6)8(12)14-2/h5-6,10H,3-4H2,1-2H3. The predicted octanol–water partition coefficient (Wildman–Crippen LogP) is -0.639. The average Bonchev–Trinajstić information content (AvgIpc) is 2.58. The topological polar surface area (TPSA) is 76.1 Å². The SMILES string of the molecule is COC(=O)C1CC(O)CN1C(=O)OC. The monoisotopic (exact) mass is 203 g/mol. The number of ether oxygens (including phenoxy) is 2. The minimum Gasteiger partial charge on any atom is -0.467 e. The van der Waals surface area contributed by atoms with Crippen molar-refractivity contribution in [2.24, 2.45) is 0 Å². The van der Waals surface area contributed by atoms with Gasteiger partial charge in [-0.3, -0.25) is 4.90 Å². The molecule has 0 aliphatic carbocycles. The Morgan fingerprint density at radius 1 is 1.36 bits per heavy atom. The summed E-state index contributed by atoms with van der Waals surface area (Å²) in [5.41, 5.74) is 0. The molecule has 80 valence electrons. The van der Waals surface area contributed by atoms with E-state index < -0.39 is 24.2 Å². The summed E-state index contributed by atoms with van der Waals surface area (Å²) >= 11 is 0. The third-order valence-electron chi connectivity index (χ3n) is 2.16. The van der Waals surface area contributed by atoms with Crippen molar-refractivity contribution in [2.45, 2.75) is 18.6 Å². The van der Waals surface area contributed by atoms with Gasteiger partial charge in [0.05, 0.1) is 26.9 Å². The van der Waals surface area contributed by atoms with Crippen LogP contribution < -0.4 is 0 Å². The summed E-state index contributed by atoms with van der Waals surface area (Å²) in [5, 5.41) is 9.30. The fourth-order valence-electron chi connectivity index (χ4n) is 1.49. The predicted molar refractivity (Wildman–Crippen MR) is 45.5 cm³/mol. The number of likely N-dealkylation sites (tertiary alicyclic amines) is 1. The zero-order chi connectivity index (χ0) is 10.7. The van der Waals surface area contributed by atoms with E-state index in [9.17, 15) is 14.7 Å². The van der Waals surface area contributed by atoms with Crippen molar-refractivity contribution in [3.8, 4) is 0 Å². The van der Waals surface area contributed by atoms with Crippen LogP contribution in [0, 0.1) is 0 Å². The lowest BCUT2D eigenvalue weighted by Gasteiger charge is -2.20. The molecule has 14 heavy (non-hydrogen) atoms. The lowest BCUT2D eigenvalue weighted by molar-refractivity contribution is -0.145. The van der Waals surface area contributed by atoms with Crippen molar-refractivity contribution < 1.29 is 24.2 Å². The Balaban J connectivity index is 2.72. The largest absolute Gasteiger partial charge is 0.467 e. The molecule has 1 aliphatic rings. The first-order valence-electron chi connectivity index (χ1n) is 4.20. The summed E-state index contributed by atoms with van der Waals surface area (Å²) in [7, 11) is 2.46. The highest BCUT2D eigenvalue weighted by Gasteiger charge is 2.40. The maximum Gasteiger partial charge on any atom is 0.410 e. The molecule has 1 rings (SSSR count). The molecule has 1 fully saturated rings. The van der Waals surface area contributed by atoms with E-state index in [1.165, 1.54) is 14.2 Å². The highest BCUT2D eigenvalue weighted by Crippen LogP contribution is 2.19. The summed E-state index contributed by atoms with van der Waals surface area (Å²) in [6.45, 7) is 0.104. The van der Waals surface area contributed by atoms with Gasteiger partial charge in [-0.15, -0.1) is 0 Å². The number of carbonyl (C=O) groups is 2. The normalized spacial score (nSPS) is 26.1. The van der Waals surface area contributed by atoms with Crippen molar-refractivity contribution in [2.75, 3.05) is 20.8 Å². The number of esters is 1. The van der Waals surface area contributed by atoms with E-state index in [2.05, 4.69) is 9.47 Å². The lowest BCUT2D eigenvalue weighted by Crippen LogP contribution is -2.41. The number of aliphatic hydroxyl groups excluding tert-OH is 1. The van der Waals surface area contributed by atoms with E-state index in [4.69, 9.17) is 0 Å². The van der Waals surface area contributed by atoms with Crippen LogP contribution in [-0.4, -0.2) is 55.0 Å². The minimum atomic E-state index is -0.734. The molecule has 1 saturated heterocycles. The zero-order valence-corrected chi connectivity index (χ0v) is 8.10. The minimum absolute atomic E-state index is 0.104. The number of β-amino-alcohol motifs (C(OH)–C–C–N with tert-alkyl or cyclic N) is 1. The van der Waals surface area contributed by atoms with E-state index in [1.807, 2.05) is 0 Å². The van der Waals surface area contributed by atoms with Gasteiger partial charge < -0.3 is 14.6 Å². The Bertz CT molecular complexity index is 218. The molecule has 1 N–H and O–H groups in total. The highest BCUT2D eigenvalue weighted by molar-refractivity contribution is 5.82. The third-order valence-corrected chi connectivity index (χ3v) is 2.16. The second-order valence-corrected chi connectivity index (χ2v) is 3.05. The van der Waals surface area contributed by atoms with Crippen LogP contribution >= 0.6 is 0 Å². The highest BCUT2D eigenvalue weighted by atomic mass is 16.5. The number of carbonyl (C=O) groups excluding carboxylic acids is 2. The van der Waals surface area contributed by atoms with Crippen LogP contribution in [-0.2, 0) is 14.3 Å². The second-order valence-electron chi connectivity index (χ2n) is 3.05. The fraction of sp³-hybridized carbons (Fsp3) is 0.750. The van der Waals surface area contributed by atoms with Gasteiger partial charge in [-0.25, -0.2) is 9.59 Å². The molecule has 0 aromatic heterocycles. The fourth-order valence-corrected chi connectivity index (χ4v) is 1.49. The number of rotatable bonds is 1. The van der Waals surface area contributed by atoms with Gasteiger partial charge in [0.25, 0.3) is 0 Å². The van der Waals surface area contributed by atoms with Crippen molar-refractivity contribution in [1.29, 1.82) is 0 Å². The van der Waals surface area contributed by atoms with Gasteiger partial charge in [-0.2, -0.15) is 0 Å².